The van der Waals surface area contributed by atoms with E-state index in [-0.39, 0.29) is 0 Å². The summed E-state index contributed by atoms with van der Waals surface area (Å²) in [5.74, 6) is 7.79. The molecule has 3 heterocycles. The molecule has 4 heteroatoms. The van der Waals surface area contributed by atoms with E-state index < -0.39 is 0 Å². The zero-order valence-electron chi connectivity index (χ0n) is 20.8. The van der Waals surface area contributed by atoms with Crippen LogP contribution in [0.1, 0.15) is 11.3 Å². The van der Waals surface area contributed by atoms with Crippen molar-refractivity contribution in [3.05, 3.63) is 114 Å². The van der Waals surface area contributed by atoms with Crippen molar-refractivity contribution < 1.29 is 8.83 Å². The Hall–Kier alpha value is -5.40. The van der Waals surface area contributed by atoms with Crippen LogP contribution in [0, 0.1) is 11.8 Å². The predicted molar refractivity (Wildman–Crippen MR) is 156 cm³/mol. The topological polar surface area (TPSA) is 52.1 Å². The summed E-state index contributed by atoms with van der Waals surface area (Å²) in [4.78, 5) is 10.1. The van der Waals surface area contributed by atoms with E-state index in [1.807, 2.05) is 72.8 Å². The minimum Gasteiger partial charge on any atom is -0.456 e. The number of benzene rings is 4. The first-order chi connectivity index (χ1) is 19.3. The van der Waals surface area contributed by atoms with Crippen LogP contribution in [-0.2, 0) is 6.42 Å². The second-order valence-electron chi connectivity index (χ2n) is 9.59. The summed E-state index contributed by atoms with van der Waals surface area (Å²) in [6.45, 7) is 0. The minimum absolute atomic E-state index is 0.624. The number of para-hydroxylation sites is 1. The number of hydrogen-bond donors (Lipinski definition) is 0. The molecule has 0 fully saturated rings. The molecule has 182 valence electrons. The van der Waals surface area contributed by atoms with Gasteiger partial charge in [0.15, 0.2) is 5.82 Å². The van der Waals surface area contributed by atoms with Crippen molar-refractivity contribution >= 4 is 39.0 Å². The lowest BCUT2D eigenvalue weighted by atomic mass is 9.99. The van der Waals surface area contributed by atoms with E-state index in [4.69, 9.17) is 18.8 Å². The standard InChI is InChI=1S/C35H20N2O2/c1-3-10-22(11-4-1)35-36-28(23-18-19-25-24-12-7-8-16-30(24)39-33(25)20-23)21-29(37-35)26-14-9-17-32-34(26)27-13-5-2-6-15-31(27)38-32/h1,3-4,6-12,14-21H,13H2. The van der Waals surface area contributed by atoms with Gasteiger partial charge in [0.05, 0.1) is 11.4 Å². The summed E-state index contributed by atoms with van der Waals surface area (Å²) in [6, 6.07) is 32.7. The van der Waals surface area contributed by atoms with Gasteiger partial charge in [-0.15, -0.1) is 0 Å². The van der Waals surface area contributed by atoms with Crippen LogP contribution in [0.25, 0.3) is 72.9 Å². The molecule has 3 aromatic heterocycles. The molecule has 4 aromatic carbocycles. The van der Waals surface area contributed by atoms with Gasteiger partial charge in [-0.2, -0.15) is 0 Å². The molecule has 0 radical (unpaired) electrons. The largest absolute Gasteiger partial charge is 0.456 e. The number of nitrogens with zero attached hydrogens (tertiary/aromatic N) is 2. The lowest BCUT2D eigenvalue weighted by Gasteiger charge is -2.10. The molecule has 0 unspecified atom stereocenters. The smallest absolute Gasteiger partial charge is 0.160 e. The molecule has 0 N–H and O–H groups in total. The van der Waals surface area contributed by atoms with Crippen molar-refractivity contribution in [2.24, 2.45) is 0 Å². The summed E-state index contributed by atoms with van der Waals surface area (Å²) in [5, 5.41) is 3.24. The normalized spacial score (nSPS) is 12.4. The maximum Gasteiger partial charge on any atom is 0.160 e. The summed E-state index contributed by atoms with van der Waals surface area (Å²) in [7, 11) is 0. The molecular formula is C35H20N2O2. The number of rotatable bonds is 3. The van der Waals surface area contributed by atoms with Crippen LogP contribution < -0.4 is 0 Å². The average Bonchev–Trinajstić information content (AvgIpc) is 3.45. The van der Waals surface area contributed by atoms with Gasteiger partial charge >= 0.3 is 0 Å². The summed E-state index contributed by atoms with van der Waals surface area (Å²) < 4.78 is 12.4. The van der Waals surface area contributed by atoms with E-state index in [9.17, 15) is 0 Å². The van der Waals surface area contributed by atoms with Crippen molar-refractivity contribution in [2.75, 3.05) is 0 Å². The Bertz CT molecular complexity index is 2150. The molecule has 1 aliphatic carbocycles. The van der Waals surface area contributed by atoms with Gasteiger partial charge in [-0.1, -0.05) is 78.6 Å². The van der Waals surface area contributed by atoms with Crippen molar-refractivity contribution in [3.8, 4) is 45.7 Å². The third-order valence-electron chi connectivity index (χ3n) is 7.24. The Labute approximate surface area is 224 Å². The Morgan fingerprint density at radius 2 is 1.46 bits per heavy atom. The van der Waals surface area contributed by atoms with Crippen molar-refractivity contribution in [1.82, 2.24) is 9.97 Å². The Morgan fingerprint density at radius 1 is 0.641 bits per heavy atom. The number of aromatic nitrogens is 2. The lowest BCUT2D eigenvalue weighted by molar-refractivity contribution is 0.600. The van der Waals surface area contributed by atoms with Gasteiger partial charge in [0.1, 0.15) is 22.5 Å². The molecule has 0 amide bonds. The van der Waals surface area contributed by atoms with E-state index >= 15 is 0 Å². The van der Waals surface area contributed by atoms with Gasteiger partial charge < -0.3 is 8.83 Å². The fourth-order valence-corrected chi connectivity index (χ4v) is 5.40. The van der Waals surface area contributed by atoms with Crippen LogP contribution in [0.2, 0.25) is 0 Å². The summed E-state index contributed by atoms with van der Waals surface area (Å²) >= 11 is 0. The van der Waals surface area contributed by atoms with E-state index in [2.05, 4.69) is 48.2 Å². The average molecular weight is 501 g/mol. The van der Waals surface area contributed by atoms with Gasteiger partial charge in [-0.3, -0.25) is 0 Å². The van der Waals surface area contributed by atoms with Gasteiger partial charge in [-0.25, -0.2) is 9.97 Å². The Balaban J connectivity index is 1.37. The third kappa shape index (κ3) is 3.56. The second kappa shape index (κ2) is 8.58. The fourth-order valence-electron chi connectivity index (χ4n) is 5.40. The SMILES string of the molecule is C1#CCc2c(oc3cccc(-c4cc(-c5ccc6c(c5)oc5ccccc56)nc(-c5ccccc5)n4)c23)C=C1. The third-order valence-corrected chi connectivity index (χ3v) is 7.24. The first-order valence-electron chi connectivity index (χ1n) is 12.9. The number of fused-ring (bicyclic) bond motifs is 6. The monoisotopic (exact) mass is 500 g/mol. The zero-order chi connectivity index (χ0) is 25.8. The number of hydrogen-bond acceptors (Lipinski definition) is 4. The molecule has 0 saturated carbocycles. The highest BCUT2D eigenvalue weighted by Gasteiger charge is 2.19. The van der Waals surface area contributed by atoms with E-state index in [0.29, 0.717) is 12.2 Å². The van der Waals surface area contributed by atoms with Crippen LogP contribution in [0.4, 0.5) is 0 Å². The van der Waals surface area contributed by atoms with E-state index in [1.54, 1.807) is 0 Å². The van der Waals surface area contributed by atoms with Crippen LogP contribution in [-0.4, -0.2) is 9.97 Å². The molecule has 7 aromatic rings. The highest BCUT2D eigenvalue weighted by atomic mass is 16.3. The van der Waals surface area contributed by atoms with Gasteiger partial charge in [-0.05, 0) is 42.5 Å². The van der Waals surface area contributed by atoms with E-state index in [1.165, 1.54) is 0 Å². The number of furan rings is 2. The van der Waals surface area contributed by atoms with Crippen molar-refractivity contribution in [1.29, 1.82) is 0 Å². The summed E-state index contributed by atoms with van der Waals surface area (Å²) in [6.07, 6.45) is 4.42. The molecule has 39 heavy (non-hydrogen) atoms. The maximum absolute atomic E-state index is 6.22. The highest BCUT2D eigenvalue weighted by molar-refractivity contribution is 6.06. The predicted octanol–water partition coefficient (Wildman–Crippen LogP) is 8.70. The van der Waals surface area contributed by atoms with Crippen LogP contribution in [0.3, 0.4) is 0 Å². The molecule has 0 atom stereocenters. The number of allylic oxidation sites excluding steroid dienone is 1. The molecule has 8 rings (SSSR count). The van der Waals surface area contributed by atoms with Crippen LogP contribution in [0.15, 0.2) is 112 Å². The fraction of sp³-hybridized carbons (Fsp3) is 0.0286. The van der Waals surface area contributed by atoms with Gasteiger partial charge in [0, 0.05) is 44.8 Å². The molecule has 0 spiro atoms. The van der Waals surface area contributed by atoms with Crippen LogP contribution in [0.5, 0.6) is 0 Å². The molecule has 0 saturated heterocycles. The van der Waals surface area contributed by atoms with Gasteiger partial charge in [0.25, 0.3) is 0 Å². The summed E-state index contributed by atoms with van der Waals surface area (Å²) in [5.41, 5.74) is 8.21. The zero-order valence-corrected chi connectivity index (χ0v) is 20.8. The first kappa shape index (κ1) is 21.7. The molecule has 4 nitrogen and oxygen atoms in total. The lowest BCUT2D eigenvalue weighted by Crippen LogP contribution is -1.96. The molecule has 0 aliphatic heterocycles. The Morgan fingerprint density at radius 3 is 2.41 bits per heavy atom. The van der Waals surface area contributed by atoms with E-state index in [0.717, 1.165) is 72.3 Å². The van der Waals surface area contributed by atoms with Crippen molar-refractivity contribution in [2.45, 2.75) is 6.42 Å². The first-order valence-corrected chi connectivity index (χ1v) is 12.9. The van der Waals surface area contributed by atoms with Crippen molar-refractivity contribution in [3.63, 3.8) is 0 Å². The minimum atomic E-state index is 0.624. The molecule has 1 aliphatic rings. The molecular weight excluding hydrogens is 480 g/mol. The molecule has 0 bridgehead atoms. The van der Waals surface area contributed by atoms with Gasteiger partial charge in [0.2, 0.25) is 0 Å². The maximum atomic E-state index is 6.22. The Kier molecular flexibility index (Phi) is 4.77. The highest BCUT2D eigenvalue weighted by Crippen LogP contribution is 2.38. The van der Waals surface area contributed by atoms with Crippen LogP contribution >= 0.6 is 0 Å². The second-order valence-corrected chi connectivity index (χ2v) is 9.59. The quantitative estimate of drug-likeness (QED) is 0.228.